The SMILES string of the molecule is CC(C)Oc1ccc(C(Cl)C2Cc3ccccc32)cc1. The van der Waals surface area contributed by atoms with Gasteiger partial charge in [0.1, 0.15) is 5.75 Å². The first-order chi connectivity index (χ1) is 9.65. The second-order valence-electron chi connectivity index (χ2n) is 5.65. The second-order valence-corrected chi connectivity index (χ2v) is 6.12. The van der Waals surface area contributed by atoms with Crippen LogP contribution in [0.15, 0.2) is 48.5 Å². The second kappa shape index (κ2) is 5.49. The van der Waals surface area contributed by atoms with E-state index in [1.165, 1.54) is 16.7 Å². The molecule has 20 heavy (non-hydrogen) atoms. The lowest BCUT2D eigenvalue weighted by Crippen LogP contribution is -2.21. The van der Waals surface area contributed by atoms with E-state index >= 15 is 0 Å². The molecule has 2 heteroatoms. The first kappa shape index (κ1) is 13.5. The van der Waals surface area contributed by atoms with Gasteiger partial charge in [-0.25, -0.2) is 0 Å². The summed E-state index contributed by atoms with van der Waals surface area (Å²) >= 11 is 6.65. The zero-order valence-electron chi connectivity index (χ0n) is 11.8. The largest absolute Gasteiger partial charge is 0.491 e. The van der Waals surface area contributed by atoms with Gasteiger partial charge in [-0.2, -0.15) is 0 Å². The van der Waals surface area contributed by atoms with Gasteiger partial charge in [-0.15, -0.1) is 11.6 Å². The lowest BCUT2D eigenvalue weighted by atomic mass is 9.74. The number of alkyl halides is 1. The maximum Gasteiger partial charge on any atom is 0.119 e. The highest BCUT2D eigenvalue weighted by Crippen LogP contribution is 2.46. The third-order valence-corrected chi connectivity index (χ3v) is 4.37. The van der Waals surface area contributed by atoms with Gasteiger partial charge < -0.3 is 4.74 Å². The van der Waals surface area contributed by atoms with Gasteiger partial charge in [-0.05, 0) is 49.1 Å². The van der Waals surface area contributed by atoms with Gasteiger partial charge in [-0.3, -0.25) is 0 Å². The van der Waals surface area contributed by atoms with E-state index in [2.05, 4.69) is 36.4 Å². The van der Waals surface area contributed by atoms with Gasteiger partial charge in [0.15, 0.2) is 0 Å². The molecule has 2 atom stereocenters. The van der Waals surface area contributed by atoms with E-state index in [1.54, 1.807) is 0 Å². The maximum atomic E-state index is 6.65. The summed E-state index contributed by atoms with van der Waals surface area (Å²) in [7, 11) is 0. The molecule has 2 aromatic carbocycles. The summed E-state index contributed by atoms with van der Waals surface area (Å²) in [6.45, 7) is 4.06. The van der Waals surface area contributed by atoms with Crippen molar-refractivity contribution in [2.24, 2.45) is 0 Å². The summed E-state index contributed by atoms with van der Waals surface area (Å²) in [5.74, 6) is 1.34. The lowest BCUT2D eigenvalue weighted by Gasteiger charge is -2.33. The minimum atomic E-state index is 0.0398. The minimum absolute atomic E-state index is 0.0398. The Morgan fingerprint density at radius 1 is 1.05 bits per heavy atom. The average Bonchev–Trinajstić information content (AvgIpc) is 2.40. The van der Waals surface area contributed by atoms with Crippen LogP contribution in [-0.4, -0.2) is 6.10 Å². The van der Waals surface area contributed by atoms with E-state index < -0.39 is 0 Å². The number of fused-ring (bicyclic) bond motifs is 1. The predicted molar refractivity (Wildman–Crippen MR) is 83.7 cm³/mol. The first-order valence-electron chi connectivity index (χ1n) is 7.13. The molecule has 0 amide bonds. The molecule has 0 saturated heterocycles. The molecule has 3 rings (SSSR count). The van der Waals surface area contributed by atoms with Gasteiger partial charge in [0, 0.05) is 5.92 Å². The summed E-state index contributed by atoms with van der Waals surface area (Å²) in [5.41, 5.74) is 4.00. The van der Waals surface area contributed by atoms with Gasteiger partial charge in [-0.1, -0.05) is 36.4 Å². The van der Waals surface area contributed by atoms with Crippen LogP contribution in [0.4, 0.5) is 0 Å². The molecule has 2 unspecified atom stereocenters. The minimum Gasteiger partial charge on any atom is -0.491 e. The zero-order valence-corrected chi connectivity index (χ0v) is 12.6. The molecular weight excluding hydrogens is 268 g/mol. The Bertz CT molecular complexity index is 589. The van der Waals surface area contributed by atoms with E-state index in [1.807, 2.05) is 26.0 Å². The van der Waals surface area contributed by atoms with Crippen LogP contribution in [0.25, 0.3) is 0 Å². The van der Waals surface area contributed by atoms with Crippen molar-refractivity contribution in [2.45, 2.75) is 37.7 Å². The number of ether oxygens (including phenoxy) is 1. The molecular formula is C18H19ClO. The Morgan fingerprint density at radius 3 is 2.40 bits per heavy atom. The molecule has 0 saturated carbocycles. The van der Waals surface area contributed by atoms with Crippen molar-refractivity contribution in [1.29, 1.82) is 0 Å². The van der Waals surface area contributed by atoms with Crippen LogP contribution in [0.2, 0.25) is 0 Å². The Morgan fingerprint density at radius 2 is 1.75 bits per heavy atom. The zero-order chi connectivity index (χ0) is 14.1. The van der Waals surface area contributed by atoms with E-state index in [-0.39, 0.29) is 11.5 Å². The summed E-state index contributed by atoms with van der Waals surface area (Å²) < 4.78 is 5.66. The topological polar surface area (TPSA) is 9.23 Å². The number of hydrogen-bond acceptors (Lipinski definition) is 1. The molecule has 104 valence electrons. The number of rotatable bonds is 4. The van der Waals surface area contributed by atoms with E-state index in [4.69, 9.17) is 16.3 Å². The lowest BCUT2D eigenvalue weighted by molar-refractivity contribution is 0.242. The highest BCUT2D eigenvalue weighted by Gasteiger charge is 2.32. The summed E-state index contributed by atoms with van der Waals surface area (Å²) in [4.78, 5) is 0. The Kier molecular flexibility index (Phi) is 3.71. The molecule has 0 heterocycles. The quantitative estimate of drug-likeness (QED) is 0.711. The first-order valence-corrected chi connectivity index (χ1v) is 7.57. The third kappa shape index (κ3) is 2.55. The number of halogens is 1. The third-order valence-electron chi connectivity index (χ3n) is 3.82. The van der Waals surface area contributed by atoms with Crippen LogP contribution < -0.4 is 4.74 Å². The normalized spacial score (nSPS) is 18.3. The van der Waals surface area contributed by atoms with Gasteiger partial charge in [0.05, 0.1) is 11.5 Å². The van der Waals surface area contributed by atoms with Crippen LogP contribution in [-0.2, 0) is 6.42 Å². The molecule has 0 N–H and O–H groups in total. The van der Waals surface area contributed by atoms with Crippen molar-refractivity contribution in [3.63, 3.8) is 0 Å². The van der Waals surface area contributed by atoms with Crippen molar-refractivity contribution in [3.8, 4) is 5.75 Å². The molecule has 0 bridgehead atoms. The van der Waals surface area contributed by atoms with Crippen molar-refractivity contribution >= 4 is 11.6 Å². The monoisotopic (exact) mass is 286 g/mol. The fourth-order valence-corrected chi connectivity index (χ4v) is 3.16. The summed E-state index contributed by atoms with van der Waals surface area (Å²) in [6.07, 6.45) is 1.28. The molecule has 0 spiro atoms. The highest BCUT2D eigenvalue weighted by atomic mass is 35.5. The fourth-order valence-electron chi connectivity index (χ4n) is 2.79. The Hall–Kier alpha value is -1.47. The van der Waals surface area contributed by atoms with Crippen LogP contribution in [0, 0.1) is 0 Å². The standard InChI is InChI=1S/C18H19ClO/c1-12(2)20-15-9-7-13(8-10-15)18(19)17-11-14-5-3-4-6-16(14)17/h3-10,12,17-18H,11H2,1-2H3. The van der Waals surface area contributed by atoms with Gasteiger partial charge in [0.2, 0.25) is 0 Å². The Balaban J connectivity index is 1.74. The van der Waals surface area contributed by atoms with Crippen molar-refractivity contribution in [3.05, 3.63) is 65.2 Å². The van der Waals surface area contributed by atoms with Crippen molar-refractivity contribution < 1.29 is 4.74 Å². The predicted octanol–water partition coefficient (Wildman–Crippen LogP) is 5.09. The number of hydrogen-bond donors (Lipinski definition) is 0. The van der Waals surface area contributed by atoms with Crippen LogP contribution >= 0.6 is 11.6 Å². The van der Waals surface area contributed by atoms with Crippen LogP contribution in [0.1, 0.15) is 41.8 Å². The summed E-state index contributed by atoms with van der Waals surface area (Å²) in [6, 6.07) is 16.7. The van der Waals surface area contributed by atoms with E-state index in [0.717, 1.165) is 12.2 Å². The molecule has 1 aliphatic rings. The smallest absolute Gasteiger partial charge is 0.119 e. The molecule has 0 fully saturated rings. The van der Waals surface area contributed by atoms with Crippen LogP contribution in [0.3, 0.4) is 0 Å². The Labute approximate surface area is 125 Å². The fraction of sp³-hybridized carbons (Fsp3) is 0.333. The highest BCUT2D eigenvalue weighted by molar-refractivity contribution is 6.21. The van der Waals surface area contributed by atoms with E-state index in [0.29, 0.717) is 5.92 Å². The molecule has 2 aromatic rings. The molecule has 0 aromatic heterocycles. The number of benzene rings is 2. The molecule has 0 radical (unpaired) electrons. The average molecular weight is 287 g/mol. The van der Waals surface area contributed by atoms with Crippen LogP contribution in [0.5, 0.6) is 5.75 Å². The van der Waals surface area contributed by atoms with Crippen molar-refractivity contribution in [2.75, 3.05) is 0 Å². The summed E-state index contributed by atoms with van der Waals surface area (Å²) in [5, 5.41) is 0.0398. The van der Waals surface area contributed by atoms with Gasteiger partial charge >= 0.3 is 0 Å². The molecule has 1 nitrogen and oxygen atoms in total. The van der Waals surface area contributed by atoms with Gasteiger partial charge in [0.25, 0.3) is 0 Å². The van der Waals surface area contributed by atoms with E-state index in [9.17, 15) is 0 Å². The van der Waals surface area contributed by atoms with Crippen molar-refractivity contribution in [1.82, 2.24) is 0 Å². The molecule has 0 aliphatic heterocycles. The molecule has 1 aliphatic carbocycles. The maximum absolute atomic E-state index is 6.65.